The number of benzene rings is 1. The second kappa shape index (κ2) is 2.86. The predicted molar refractivity (Wildman–Crippen MR) is 52.6 cm³/mol. The van der Waals surface area contributed by atoms with Crippen molar-refractivity contribution in [2.24, 2.45) is 0 Å². The van der Waals surface area contributed by atoms with Gasteiger partial charge in [-0.05, 0) is 29.7 Å². The molecule has 0 atom stereocenters. The monoisotopic (exact) mass is 157 g/mol. The maximum atomic E-state index is 5.59. The van der Waals surface area contributed by atoms with Crippen LogP contribution in [0.1, 0.15) is 12.0 Å². The Morgan fingerprint density at radius 3 is 2.42 bits per heavy atom. The van der Waals surface area contributed by atoms with E-state index >= 15 is 0 Å². The molecule has 1 aromatic rings. The minimum atomic E-state index is 0.824. The largest absolute Gasteiger partial charge is 0.399 e. The van der Waals surface area contributed by atoms with E-state index in [1.807, 2.05) is 12.1 Å². The molecule has 0 bridgehead atoms. The lowest BCUT2D eigenvalue weighted by Crippen LogP contribution is -1.85. The number of hydrogen-bond donors (Lipinski definition) is 1. The van der Waals surface area contributed by atoms with Crippen molar-refractivity contribution in [3.63, 3.8) is 0 Å². The topological polar surface area (TPSA) is 26.0 Å². The third-order valence-electron chi connectivity index (χ3n) is 2.05. The summed E-state index contributed by atoms with van der Waals surface area (Å²) in [6, 6.07) is 8.01. The Kier molecular flexibility index (Phi) is 1.71. The first-order chi connectivity index (χ1) is 5.86. The van der Waals surface area contributed by atoms with E-state index in [0.717, 1.165) is 12.1 Å². The van der Waals surface area contributed by atoms with Crippen LogP contribution in [-0.4, -0.2) is 0 Å². The maximum Gasteiger partial charge on any atom is 0.0314 e. The third kappa shape index (κ3) is 1.26. The fourth-order valence-corrected chi connectivity index (χ4v) is 1.36. The van der Waals surface area contributed by atoms with E-state index in [0.29, 0.717) is 0 Å². The van der Waals surface area contributed by atoms with E-state index in [2.05, 4.69) is 30.4 Å². The Bertz CT molecular complexity index is 331. The SMILES string of the molecule is Nc1ccc(C2=CC=CC2)cc1. The van der Waals surface area contributed by atoms with Crippen molar-refractivity contribution in [2.45, 2.75) is 6.42 Å². The van der Waals surface area contributed by atoms with Crippen molar-refractivity contribution in [3.8, 4) is 0 Å². The second-order valence-corrected chi connectivity index (χ2v) is 2.95. The van der Waals surface area contributed by atoms with E-state index in [-0.39, 0.29) is 0 Å². The molecule has 0 saturated heterocycles. The van der Waals surface area contributed by atoms with Crippen LogP contribution in [0, 0.1) is 0 Å². The van der Waals surface area contributed by atoms with Gasteiger partial charge in [-0.25, -0.2) is 0 Å². The molecule has 0 amide bonds. The average molecular weight is 157 g/mol. The van der Waals surface area contributed by atoms with Crippen LogP contribution in [-0.2, 0) is 0 Å². The van der Waals surface area contributed by atoms with Crippen LogP contribution in [0.3, 0.4) is 0 Å². The van der Waals surface area contributed by atoms with Gasteiger partial charge in [0.2, 0.25) is 0 Å². The highest BCUT2D eigenvalue weighted by Gasteiger charge is 2.01. The standard InChI is InChI=1S/C11H11N/c12-11-7-5-10(6-8-11)9-3-1-2-4-9/h1-3,5-8H,4,12H2. The molecule has 12 heavy (non-hydrogen) atoms. The molecule has 1 aliphatic carbocycles. The first-order valence-corrected chi connectivity index (χ1v) is 4.08. The maximum absolute atomic E-state index is 5.59. The fraction of sp³-hybridized carbons (Fsp3) is 0.0909. The molecule has 0 fully saturated rings. The summed E-state index contributed by atoms with van der Waals surface area (Å²) >= 11 is 0. The number of rotatable bonds is 1. The molecule has 0 unspecified atom stereocenters. The zero-order valence-electron chi connectivity index (χ0n) is 6.83. The van der Waals surface area contributed by atoms with Crippen molar-refractivity contribution >= 4 is 11.3 Å². The van der Waals surface area contributed by atoms with E-state index in [9.17, 15) is 0 Å². The molecule has 0 radical (unpaired) electrons. The number of hydrogen-bond acceptors (Lipinski definition) is 1. The van der Waals surface area contributed by atoms with Gasteiger partial charge in [0.1, 0.15) is 0 Å². The molecular weight excluding hydrogens is 146 g/mol. The lowest BCUT2D eigenvalue weighted by atomic mass is 10.1. The van der Waals surface area contributed by atoms with Gasteiger partial charge >= 0.3 is 0 Å². The summed E-state index contributed by atoms with van der Waals surface area (Å²) in [4.78, 5) is 0. The first kappa shape index (κ1) is 7.17. The van der Waals surface area contributed by atoms with Crippen molar-refractivity contribution in [1.29, 1.82) is 0 Å². The zero-order chi connectivity index (χ0) is 8.39. The summed E-state index contributed by atoms with van der Waals surface area (Å²) in [5, 5.41) is 0. The van der Waals surface area contributed by atoms with Gasteiger partial charge in [0, 0.05) is 5.69 Å². The molecule has 2 N–H and O–H groups in total. The zero-order valence-corrected chi connectivity index (χ0v) is 6.83. The fourth-order valence-electron chi connectivity index (χ4n) is 1.36. The lowest BCUT2D eigenvalue weighted by molar-refractivity contribution is 1.43. The average Bonchev–Trinajstić information content (AvgIpc) is 2.58. The quantitative estimate of drug-likeness (QED) is 0.623. The van der Waals surface area contributed by atoms with Crippen LogP contribution in [0.25, 0.3) is 5.57 Å². The van der Waals surface area contributed by atoms with E-state index < -0.39 is 0 Å². The Hall–Kier alpha value is -1.50. The summed E-state index contributed by atoms with van der Waals surface area (Å²) in [5.74, 6) is 0. The number of anilines is 1. The van der Waals surface area contributed by atoms with Crippen molar-refractivity contribution in [1.82, 2.24) is 0 Å². The van der Waals surface area contributed by atoms with E-state index in [1.54, 1.807) is 0 Å². The summed E-state index contributed by atoms with van der Waals surface area (Å²) in [6.07, 6.45) is 7.44. The molecule has 2 rings (SSSR count). The van der Waals surface area contributed by atoms with Crippen molar-refractivity contribution < 1.29 is 0 Å². The highest BCUT2D eigenvalue weighted by molar-refractivity contribution is 5.71. The van der Waals surface area contributed by atoms with Gasteiger partial charge in [0.25, 0.3) is 0 Å². The number of nitrogens with two attached hydrogens (primary N) is 1. The van der Waals surface area contributed by atoms with Crippen LogP contribution >= 0.6 is 0 Å². The Morgan fingerprint density at radius 1 is 1.08 bits per heavy atom. The molecule has 0 aliphatic heterocycles. The number of nitrogen functional groups attached to an aromatic ring is 1. The molecule has 1 heteroatoms. The van der Waals surface area contributed by atoms with Gasteiger partial charge in [0.15, 0.2) is 0 Å². The second-order valence-electron chi connectivity index (χ2n) is 2.95. The summed E-state index contributed by atoms with van der Waals surface area (Å²) in [7, 11) is 0. The highest BCUT2D eigenvalue weighted by Crippen LogP contribution is 2.23. The van der Waals surface area contributed by atoms with Crippen LogP contribution in [0.4, 0.5) is 5.69 Å². The van der Waals surface area contributed by atoms with Crippen molar-refractivity contribution in [3.05, 3.63) is 48.1 Å². The molecule has 0 spiro atoms. The van der Waals surface area contributed by atoms with Crippen LogP contribution in [0.2, 0.25) is 0 Å². The van der Waals surface area contributed by atoms with Gasteiger partial charge in [0.05, 0.1) is 0 Å². The molecule has 0 heterocycles. The van der Waals surface area contributed by atoms with Gasteiger partial charge in [-0.15, -0.1) is 0 Å². The summed E-state index contributed by atoms with van der Waals surface area (Å²) < 4.78 is 0. The third-order valence-corrected chi connectivity index (χ3v) is 2.05. The summed E-state index contributed by atoms with van der Waals surface area (Å²) in [6.45, 7) is 0. The predicted octanol–water partition coefficient (Wildman–Crippen LogP) is 2.61. The van der Waals surface area contributed by atoms with Gasteiger partial charge in [-0.3, -0.25) is 0 Å². The molecular formula is C11H11N. The van der Waals surface area contributed by atoms with Gasteiger partial charge < -0.3 is 5.73 Å². The number of allylic oxidation sites excluding steroid dienone is 4. The smallest absolute Gasteiger partial charge is 0.0314 e. The highest BCUT2D eigenvalue weighted by atomic mass is 14.5. The lowest BCUT2D eigenvalue weighted by Gasteiger charge is -2.01. The molecule has 0 aromatic heterocycles. The van der Waals surface area contributed by atoms with E-state index in [1.165, 1.54) is 11.1 Å². The molecule has 60 valence electrons. The molecule has 1 nitrogen and oxygen atoms in total. The minimum Gasteiger partial charge on any atom is -0.399 e. The van der Waals surface area contributed by atoms with Gasteiger partial charge in [-0.2, -0.15) is 0 Å². The summed E-state index contributed by atoms with van der Waals surface area (Å²) in [5.41, 5.74) is 9.06. The molecule has 0 saturated carbocycles. The van der Waals surface area contributed by atoms with E-state index in [4.69, 9.17) is 5.73 Å². The van der Waals surface area contributed by atoms with Crippen LogP contribution in [0.15, 0.2) is 42.5 Å². The van der Waals surface area contributed by atoms with Gasteiger partial charge in [-0.1, -0.05) is 30.4 Å². The Labute approximate surface area is 72.2 Å². The normalized spacial score (nSPS) is 14.8. The molecule has 1 aromatic carbocycles. The first-order valence-electron chi connectivity index (χ1n) is 4.08. The van der Waals surface area contributed by atoms with Crippen LogP contribution in [0.5, 0.6) is 0 Å². The Balaban J connectivity index is 2.30. The minimum absolute atomic E-state index is 0.824. The molecule has 1 aliphatic rings. The van der Waals surface area contributed by atoms with Crippen LogP contribution < -0.4 is 5.73 Å². The van der Waals surface area contributed by atoms with Crippen molar-refractivity contribution in [2.75, 3.05) is 5.73 Å². The Morgan fingerprint density at radius 2 is 1.83 bits per heavy atom.